The summed E-state index contributed by atoms with van der Waals surface area (Å²) in [4.78, 5) is 0. The lowest BCUT2D eigenvalue weighted by Crippen LogP contribution is -2.75. The third kappa shape index (κ3) is 3.82. The van der Waals surface area contributed by atoms with Gasteiger partial charge in [-0.1, -0.05) is 0 Å². The Morgan fingerprint density at radius 2 is 0.625 bits per heavy atom. The van der Waals surface area contributed by atoms with Gasteiger partial charge in [0, 0.05) is 13.0 Å². The summed E-state index contributed by atoms with van der Waals surface area (Å²) in [6, 6.07) is 0. The molecule has 0 heterocycles. The second kappa shape index (κ2) is 7.85. The second-order valence-electron chi connectivity index (χ2n) is 6.05. The number of alkyl halides is 19. The molecule has 0 rings (SSSR count). The first-order chi connectivity index (χ1) is 13.6. The SMILES string of the molecule is OCCCC(F)(F)C(F)(F)C(F)(F)C(F)(F)C(F)(F)C(F)(F)C(F)(F)C(F)(F)C(F)(F)F. The molecule has 0 amide bonds. The Labute approximate surface area is 163 Å². The zero-order valence-electron chi connectivity index (χ0n) is 14.2. The summed E-state index contributed by atoms with van der Waals surface area (Å²) in [7, 11) is 0. The van der Waals surface area contributed by atoms with Crippen molar-refractivity contribution in [3.8, 4) is 0 Å². The molecule has 0 unspecified atom stereocenters. The van der Waals surface area contributed by atoms with Crippen LogP contribution in [0, 0.1) is 0 Å². The van der Waals surface area contributed by atoms with E-state index >= 15 is 0 Å². The molecule has 0 saturated carbocycles. The Morgan fingerprint density at radius 1 is 0.375 bits per heavy atom. The summed E-state index contributed by atoms with van der Waals surface area (Å²) in [6.07, 6.45) is -12.2. The predicted octanol–water partition coefficient (Wildman–Crippen LogP) is 6.40. The van der Waals surface area contributed by atoms with E-state index in [0.717, 1.165) is 0 Å². The van der Waals surface area contributed by atoms with Gasteiger partial charge in [0.1, 0.15) is 0 Å². The van der Waals surface area contributed by atoms with Crippen LogP contribution in [0.1, 0.15) is 12.8 Å². The number of aliphatic hydroxyl groups excluding tert-OH is 1. The largest absolute Gasteiger partial charge is 0.460 e. The smallest absolute Gasteiger partial charge is 0.396 e. The number of hydrogen-bond acceptors (Lipinski definition) is 1. The van der Waals surface area contributed by atoms with Crippen LogP contribution < -0.4 is 0 Å². The van der Waals surface area contributed by atoms with Gasteiger partial charge in [0.05, 0.1) is 0 Å². The van der Waals surface area contributed by atoms with Gasteiger partial charge in [-0.3, -0.25) is 0 Å². The van der Waals surface area contributed by atoms with E-state index in [9.17, 15) is 83.4 Å². The first-order valence-corrected chi connectivity index (χ1v) is 7.26. The van der Waals surface area contributed by atoms with Crippen molar-refractivity contribution < 1.29 is 88.5 Å². The monoisotopic (exact) mass is 528 g/mol. The van der Waals surface area contributed by atoms with E-state index in [1.165, 1.54) is 0 Å². The van der Waals surface area contributed by atoms with Crippen molar-refractivity contribution in [2.75, 3.05) is 6.61 Å². The first-order valence-electron chi connectivity index (χ1n) is 7.26. The molecule has 0 atom stereocenters. The molecule has 0 bridgehead atoms. The zero-order chi connectivity index (χ0) is 26.6. The third-order valence-corrected chi connectivity index (χ3v) is 3.83. The molecule has 0 aromatic rings. The van der Waals surface area contributed by atoms with Gasteiger partial charge in [0.25, 0.3) is 0 Å². The minimum absolute atomic E-state index is 1.53. The van der Waals surface area contributed by atoms with Crippen molar-refractivity contribution in [1.29, 1.82) is 0 Å². The van der Waals surface area contributed by atoms with Crippen LogP contribution in [0.15, 0.2) is 0 Å². The van der Waals surface area contributed by atoms with E-state index in [2.05, 4.69) is 0 Å². The molecule has 32 heavy (non-hydrogen) atoms. The maximum atomic E-state index is 13.3. The highest BCUT2D eigenvalue weighted by Gasteiger charge is 2.96. The number of halogens is 19. The molecule has 0 saturated heterocycles. The van der Waals surface area contributed by atoms with Gasteiger partial charge < -0.3 is 5.11 Å². The van der Waals surface area contributed by atoms with E-state index < -0.39 is 73.0 Å². The van der Waals surface area contributed by atoms with Crippen LogP contribution in [0.5, 0.6) is 0 Å². The van der Waals surface area contributed by atoms with Gasteiger partial charge in [-0.05, 0) is 6.42 Å². The van der Waals surface area contributed by atoms with Gasteiger partial charge in [-0.25, -0.2) is 0 Å². The molecule has 0 aromatic heterocycles. The summed E-state index contributed by atoms with van der Waals surface area (Å²) < 4.78 is 246. The predicted molar refractivity (Wildman–Crippen MR) is 62.0 cm³/mol. The summed E-state index contributed by atoms with van der Waals surface area (Å²) >= 11 is 0. The van der Waals surface area contributed by atoms with Crippen LogP contribution in [-0.2, 0) is 0 Å². The van der Waals surface area contributed by atoms with Gasteiger partial charge in [0.15, 0.2) is 0 Å². The summed E-state index contributed by atoms with van der Waals surface area (Å²) in [5.74, 6) is -66.4. The van der Waals surface area contributed by atoms with Crippen molar-refractivity contribution in [2.45, 2.75) is 66.4 Å². The average molecular weight is 528 g/mol. The molecule has 1 nitrogen and oxygen atoms in total. The summed E-state index contributed by atoms with van der Waals surface area (Å²) in [6.45, 7) is -1.53. The number of hydrogen-bond donors (Lipinski definition) is 1. The maximum absolute atomic E-state index is 13.3. The molecule has 0 aliphatic carbocycles. The van der Waals surface area contributed by atoms with E-state index in [1.54, 1.807) is 0 Å². The van der Waals surface area contributed by atoms with Crippen molar-refractivity contribution in [2.24, 2.45) is 0 Å². The van der Waals surface area contributed by atoms with Gasteiger partial charge in [0.2, 0.25) is 0 Å². The standard InChI is InChI=1S/C12H7F19O/c13-4(14,2-1-3-32)5(15,16)6(17,18)7(19,20)8(21,22)9(23,24)10(25,26)11(27,28)12(29,30)31/h32H,1-3H2. The normalized spacial score (nSPS) is 16.5. The molecule has 0 radical (unpaired) electrons. The van der Waals surface area contributed by atoms with Gasteiger partial charge >= 0.3 is 53.6 Å². The second-order valence-corrected chi connectivity index (χ2v) is 6.05. The zero-order valence-corrected chi connectivity index (χ0v) is 14.2. The lowest BCUT2D eigenvalue weighted by molar-refractivity contribution is -0.468. The molecule has 0 aliphatic heterocycles. The Morgan fingerprint density at radius 3 is 0.875 bits per heavy atom. The van der Waals surface area contributed by atoms with Crippen LogP contribution in [0.3, 0.4) is 0 Å². The van der Waals surface area contributed by atoms with Gasteiger partial charge in [-0.15, -0.1) is 0 Å². The van der Waals surface area contributed by atoms with E-state index in [1.807, 2.05) is 0 Å². The molecular weight excluding hydrogens is 521 g/mol. The van der Waals surface area contributed by atoms with Crippen molar-refractivity contribution in [1.82, 2.24) is 0 Å². The molecule has 20 heteroatoms. The fraction of sp³-hybridized carbons (Fsp3) is 1.00. The van der Waals surface area contributed by atoms with E-state index in [-0.39, 0.29) is 0 Å². The lowest BCUT2D eigenvalue weighted by Gasteiger charge is -2.43. The Bertz CT molecular complexity index is 660. The highest BCUT2D eigenvalue weighted by molar-refractivity contribution is 5.16. The molecule has 0 fully saturated rings. The average Bonchev–Trinajstić information content (AvgIpc) is 2.57. The van der Waals surface area contributed by atoms with Crippen molar-refractivity contribution in [3.63, 3.8) is 0 Å². The topological polar surface area (TPSA) is 20.2 Å². The first kappa shape index (κ1) is 30.6. The Kier molecular flexibility index (Phi) is 7.51. The van der Waals surface area contributed by atoms with E-state index in [4.69, 9.17) is 5.11 Å². The van der Waals surface area contributed by atoms with Crippen LogP contribution in [0.2, 0.25) is 0 Å². The van der Waals surface area contributed by atoms with Crippen LogP contribution in [0.25, 0.3) is 0 Å². The Hall–Kier alpha value is -1.37. The molecule has 0 aliphatic rings. The lowest BCUT2D eigenvalue weighted by atomic mass is 9.86. The number of aliphatic hydroxyl groups is 1. The molecule has 0 spiro atoms. The molecule has 1 N–H and O–H groups in total. The summed E-state index contributed by atoms with van der Waals surface area (Å²) in [5.41, 5.74) is 0. The van der Waals surface area contributed by atoms with Crippen molar-refractivity contribution in [3.05, 3.63) is 0 Å². The van der Waals surface area contributed by atoms with Gasteiger partial charge in [-0.2, -0.15) is 83.4 Å². The van der Waals surface area contributed by atoms with Crippen LogP contribution in [0.4, 0.5) is 83.4 Å². The number of rotatable bonds is 10. The highest BCUT2D eigenvalue weighted by atomic mass is 19.4. The molecular formula is C12H7F19O. The fourth-order valence-electron chi connectivity index (χ4n) is 1.85. The Balaban J connectivity index is 6.79. The molecule has 194 valence electrons. The van der Waals surface area contributed by atoms with Crippen molar-refractivity contribution >= 4 is 0 Å². The van der Waals surface area contributed by atoms with E-state index in [0.29, 0.717) is 0 Å². The quantitative estimate of drug-likeness (QED) is 0.326. The minimum atomic E-state index is -8.90. The van der Waals surface area contributed by atoms with Crippen LogP contribution in [-0.4, -0.2) is 65.3 Å². The molecule has 0 aromatic carbocycles. The fourth-order valence-corrected chi connectivity index (χ4v) is 1.85. The maximum Gasteiger partial charge on any atom is 0.460 e. The highest BCUT2D eigenvalue weighted by Crippen LogP contribution is 2.65. The minimum Gasteiger partial charge on any atom is -0.396 e. The third-order valence-electron chi connectivity index (χ3n) is 3.83. The van der Waals surface area contributed by atoms with Crippen LogP contribution >= 0.6 is 0 Å². The summed E-state index contributed by atoms with van der Waals surface area (Å²) in [5, 5.41) is 8.15.